The summed E-state index contributed by atoms with van der Waals surface area (Å²) in [6.45, 7) is 3.61. The molecule has 0 spiro atoms. The van der Waals surface area contributed by atoms with Crippen LogP contribution in [0.15, 0.2) is 0 Å². The molecule has 25 heavy (non-hydrogen) atoms. The van der Waals surface area contributed by atoms with E-state index < -0.39 is 29.9 Å². The van der Waals surface area contributed by atoms with Crippen molar-refractivity contribution in [3.05, 3.63) is 0 Å². The summed E-state index contributed by atoms with van der Waals surface area (Å²) < 4.78 is 4.60. The fraction of sp³-hybridized carbons (Fsp3) is 0.765. The molecule has 0 radical (unpaired) electrons. The molecule has 3 N–H and O–H groups in total. The Hall–Kier alpha value is -2.12. The highest BCUT2D eigenvalue weighted by Gasteiger charge is 2.30. The van der Waals surface area contributed by atoms with Gasteiger partial charge in [-0.25, -0.2) is 4.79 Å². The number of esters is 1. The van der Waals surface area contributed by atoms with E-state index in [0.29, 0.717) is 0 Å². The molecule has 0 aliphatic rings. The summed E-state index contributed by atoms with van der Waals surface area (Å²) in [6.07, 6.45) is 4.92. The van der Waals surface area contributed by atoms with Crippen LogP contribution in [0.25, 0.3) is 0 Å². The lowest BCUT2D eigenvalue weighted by molar-refractivity contribution is -0.152. The zero-order valence-corrected chi connectivity index (χ0v) is 15.7. The lowest BCUT2D eigenvalue weighted by Gasteiger charge is -2.27. The Balaban J connectivity index is 4.72. The lowest BCUT2D eigenvalue weighted by atomic mass is 10.1. The average Bonchev–Trinajstić information content (AvgIpc) is 2.57. The van der Waals surface area contributed by atoms with E-state index in [1.54, 1.807) is 0 Å². The zero-order valence-electron chi connectivity index (χ0n) is 15.7. The van der Waals surface area contributed by atoms with Gasteiger partial charge in [-0.3, -0.25) is 14.4 Å². The highest BCUT2D eigenvalue weighted by molar-refractivity contribution is 5.93. The number of carbonyl (C=O) groups is 4. The van der Waals surface area contributed by atoms with E-state index in [0.717, 1.165) is 37.0 Å². The van der Waals surface area contributed by atoms with Crippen LogP contribution in [-0.4, -0.2) is 54.8 Å². The first kappa shape index (κ1) is 22.9. The van der Waals surface area contributed by atoms with Gasteiger partial charge >= 0.3 is 5.97 Å². The van der Waals surface area contributed by atoms with Crippen molar-refractivity contribution in [2.45, 2.75) is 70.9 Å². The zero-order chi connectivity index (χ0) is 19.4. The van der Waals surface area contributed by atoms with Gasteiger partial charge in [-0.15, -0.1) is 0 Å². The first-order valence-corrected chi connectivity index (χ1v) is 8.66. The van der Waals surface area contributed by atoms with Gasteiger partial charge in [0.2, 0.25) is 17.7 Å². The Kier molecular flexibility index (Phi) is 11.2. The Morgan fingerprint density at radius 2 is 1.72 bits per heavy atom. The molecular formula is C17H31N3O5. The molecule has 8 nitrogen and oxygen atoms in total. The summed E-state index contributed by atoms with van der Waals surface area (Å²) >= 11 is 0. The third kappa shape index (κ3) is 9.07. The number of likely N-dealkylation sites (N-methyl/N-ethyl adjacent to an activating group) is 1. The smallest absolute Gasteiger partial charge is 0.328 e. The SMILES string of the molecule is CCCCCCCC(=O)N[C@H](CC(N)=O)C(=O)N(C)[C@@H](C)C(=O)OC. The van der Waals surface area contributed by atoms with Crippen molar-refractivity contribution in [3.8, 4) is 0 Å². The third-order valence-corrected chi connectivity index (χ3v) is 4.02. The number of unbranched alkanes of at least 4 members (excludes halogenated alkanes) is 4. The second kappa shape index (κ2) is 12.3. The van der Waals surface area contributed by atoms with Crippen molar-refractivity contribution in [1.82, 2.24) is 10.2 Å². The maximum atomic E-state index is 12.5. The Labute approximate surface area is 149 Å². The molecule has 0 aromatic heterocycles. The fourth-order valence-corrected chi connectivity index (χ4v) is 2.32. The number of methoxy groups -OCH3 is 1. The second-order valence-electron chi connectivity index (χ2n) is 6.10. The number of nitrogens with one attached hydrogen (secondary N) is 1. The second-order valence-corrected chi connectivity index (χ2v) is 6.10. The molecule has 0 saturated carbocycles. The molecule has 8 heteroatoms. The molecule has 2 atom stereocenters. The number of nitrogens with zero attached hydrogens (tertiary/aromatic N) is 1. The number of ether oxygens (including phenoxy) is 1. The van der Waals surface area contributed by atoms with Crippen LogP contribution in [0.5, 0.6) is 0 Å². The monoisotopic (exact) mass is 357 g/mol. The third-order valence-electron chi connectivity index (χ3n) is 4.02. The van der Waals surface area contributed by atoms with Gasteiger partial charge in [-0.1, -0.05) is 32.6 Å². The van der Waals surface area contributed by atoms with E-state index in [2.05, 4.69) is 17.0 Å². The van der Waals surface area contributed by atoms with Crippen molar-refractivity contribution in [1.29, 1.82) is 0 Å². The van der Waals surface area contributed by atoms with Crippen LogP contribution in [0, 0.1) is 0 Å². The van der Waals surface area contributed by atoms with E-state index in [9.17, 15) is 19.2 Å². The minimum atomic E-state index is -1.09. The molecule has 0 bridgehead atoms. The molecule has 0 unspecified atom stereocenters. The van der Waals surface area contributed by atoms with Gasteiger partial charge in [0.1, 0.15) is 12.1 Å². The summed E-state index contributed by atoms with van der Waals surface area (Å²) in [5, 5.41) is 2.55. The molecular weight excluding hydrogens is 326 g/mol. The van der Waals surface area contributed by atoms with Crippen LogP contribution in [0.3, 0.4) is 0 Å². The highest BCUT2D eigenvalue weighted by Crippen LogP contribution is 2.07. The van der Waals surface area contributed by atoms with Crippen LogP contribution >= 0.6 is 0 Å². The predicted octanol–water partition coefficient (Wildman–Crippen LogP) is 0.727. The standard InChI is InChI=1S/C17H31N3O5/c1-5-6-7-8-9-10-15(22)19-13(11-14(18)21)16(23)20(3)12(2)17(24)25-4/h12-13H,5-11H2,1-4H3,(H2,18,21)(H,19,22)/t12-,13+/m0/s1. The minimum Gasteiger partial charge on any atom is -0.467 e. The average molecular weight is 357 g/mol. The maximum absolute atomic E-state index is 12.5. The molecule has 144 valence electrons. The molecule has 0 aliphatic heterocycles. The number of hydrogen-bond acceptors (Lipinski definition) is 5. The maximum Gasteiger partial charge on any atom is 0.328 e. The Morgan fingerprint density at radius 1 is 1.12 bits per heavy atom. The molecule has 0 rings (SSSR count). The first-order chi connectivity index (χ1) is 11.7. The van der Waals surface area contributed by atoms with Gasteiger partial charge in [0.25, 0.3) is 0 Å². The first-order valence-electron chi connectivity index (χ1n) is 8.66. The van der Waals surface area contributed by atoms with Crippen molar-refractivity contribution >= 4 is 23.7 Å². The Morgan fingerprint density at radius 3 is 2.24 bits per heavy atom. The van der Waals surface area contributed by atoms with Crippen molar-refractivity contribution in [3.63, 3.8) is 0 Å². The fourth-order valence-electron chi connectivity index (χ4n) is 2.32. The van der Waals surface area contributed by atoms with Gasteiger partial charge in [0.15, 0.2) is 0 Å². The van der Waals surface area contributed by atoms with Gasteiger partial charge in [-0.05, 0) is 13.3 Å². The van der Waals surface area contributed by atoms with Crippen molar-refractivity contribution in [2.75, 3.05) is 14.2 Å². The quantitative estimate of drug-likeness (QED) is 0.394. The molecule has 0 aromatic rings. The van der Waals surface area contributed by atoms with Gasteiger partial charge in [0, 0.05) is 13.5 Å². The van der Waals surface area contributed by atoms with E-state index in [-0.39, 0.29) is 18.7 Å². The van der Waals surface area contributed by atoms with Crippen molar-refractivity contribution < 1.29 is 23.9 Å². The van der Waals surface area contributed by atoms with Crippen LogP contribution in [0.4, 0.5) is 0 Å². The summed E-state index contributed by atoms with van der Waals surface area (Å²) in [5.41, 5.74) is 5.17. The highest BCUT2D eigenvalue weighted by atomic mass is 16.5. The minimum absolute atomic E-state index is 0.280. The summed E-state index contributed by atoms with van der Waals surface area (Å²) in [4.78, 5) is 48.4. The number of rotatable bonds is 12. The van der Waals surface area contributed by atoms with E-state index >= 15 is 0 Å². The van der Waals surface area contributed by atoms with E-state index in [1.165, 1.54) is 21.1 Å². The number of amides is 3. The molecule has 0 aromatic carbocycles. The number of nitrogens with two attached hydrogens (primary N) is 1. The van der Waals surface area contributed by atoms with Gasteiger partial charge < -0.3 is 20.7 Å². The van der Waals surface area contributed by atoms with Gasteiger partial charge in [0.05, 0.1) is 13.5 Å². The summed E-state index contributed by atoms with van der Waals surface area (Å²) in [5.74, 6) is -2.16. The van der Waals surface area contributed by atoms with Crippen LogP contribution in [-0.2, 0) is 23.9 Å². The van der Waals surface area contributed by atoms with Crippen molar-refractivity contribution in [2.24, 2.45) is 5.73 Å². The van der Waals surface area contributed by atoms with Crippen LogP contribution in [0.1, 0.15) is 58.8 Å². The molecule has 0 heterocycles. The molecule has 0 aliphatic carbocycles. The molecule has 0 saturated heterocycles. The normalized spacial score (nSPS) is 12.8. The van der Waals surface area contributed by atoms with Crippen LogP contribution in [0.2, 0.25) is 0 Å². The lowest BCUT2D eigenvalue weighted by Crippen LogP contribution is -2.52. The topological polar surface area (TPSA) is 119 Å². The molecule has 0 fully saturated rings. The van der Waals surface area contributed by atoms with Crippen LogP contribution < -0.4 is 11.1 Å². The summed E-state index contributed by atoms with van der Waals surface area (Å²) in [7, 11) is 2.63. The number of hydrogen-bond donors (Lipinski definition) is 2. The number of carbonyl (C=O) groups excluding carboxylic acids is 4. The summed E-state index contributed by atoms with van der Waals surface area (Å²) in [6, 6.07) is -1.92. The van der Waals surface area contributed by atoms with Gasteiger partial charge in [-0.2, -0.15) is 0 Å². The Bertz CT molecular complexity index is 467. The van der Waals surface area contributed by atoms with E-state index in [1.807, 2.05) is 0 Å². The van der Waals surface area contributed by atoms with E-state index in [4.69, 9.17) is 5.73 Å². The largest absolute Gasteiger partial charge is 0.467 e. The number of primary amides is 1. The predicted molar refractivity (Wildman–Crippen MR) is 93.4 cm³/mol. The molecule has 3 amide bonds.